The molecule has 0 heterocycles. The lowest BCUT2D eigenvalue weighted by Gasteiger charge is -2.18. The van der Waals surface area contributed by atoms with E-state index in [2.05, 4.69) is 49.6 Å². The minimum Gasteiger partial charge on any atom is -0.453 e. The minimum absolute atomic E-state index is 0.00152. The van der Waals surface area contributed by atoms with Crippen LogP contribution < -0.4 is 15.4 Å². The Labute approximate surface area is 245 Å². The third-order valence-electron chi connectivity index (χ3n) is 6.32. The van der Waals surface area contributed by atoms with Crippen LogP contribution in [0.15, 0.2) is 0 Å². The van der Waals surface area contributed by atoms with Crippen molar-refractivity contribution in [3.05, 3.63) is 0 Å². The van der Waals surface area contributed by atoms with Crippen LogP contribution in [0.5, 0.6) is 0 Å². The van der Waals surface area contributed by atoms with Crippen LogP contribution in [-0.2, 0) is 19.5 Å². The van der Waals surface area contributed by atoms with Gasteiger partial charge in [-0.2, -0.15) is 0 Å². The van der Waals surface area contributed by atoms with Gasteiger partial charge in [0.1, 0.15) is 6.61 Å². The third-order valence-corrected chi connectivity index (χ3v) is 8.51. The number of ether oxygens (including phenoxy) is 2. The van der Waals surface area contributed by atoms with Crippen molar-refractivity contribution in [2.24, 2.45) is 0 Å². The molecule has 0 aliphatic heterocycles. The molecule has 0 bridgehead atoms. The Bertz CT molecular complexity index is 682. The number of amides is 2. The number of nitrogens with one attached hydrogen (secondary N) is 3. The van der Waals surface area contributed by atoms with E-state index in [-0.39, 0.29) is 18.9 Å². The van der Waals surface area contributed by atoms with Crippen molar-refractivity contribution in [2.75, 3.05) is 37.0 Å². The molecule has 0 aliphatic rings. The molecule has 38 heavy (non-hydrogen) atoms. The quantitative estimate of drug-likeness (QED) is 0.0551. The van der Waals surface area contributed by atoms with Crippen LogP contribution in [-0.4, -0.2) is 63.6 Å². The summed E-state index contributed by atoms with van der Waals surface area (Å²) in [5, 5.41) is 5.19. The number of hydrogen-bond donors (Lipinski definition) is 3. The zero-order chi connectivity index (χ0) is 28.3. The summed E-state index contributed by atoms with van der Waals surface area (Å²) < 4.78 is 36.9. The zero-order valence-corrected chi connectivity index (χ0v) is 26.8. The van der Waals surface area contributed by atoms with E-state index in [4.69, 9.17) is 4.74 Å². The van der Waals surface area contributed by atoms with Crippen molar-refractivity contribution in [3.63, 3.8) is 0 Å². The van der Waals surface area contributed by atoms with Gasteiger partial charge in [-0.15, -0.1) is 0 Å². The van der Waals surface area contributed by atoms with E-state index in [1.165, 1.54) is 90.6 Å². The molecule has 11 heteroatoms. The molecule has 226 valence electrons. The normalized spacial score (nSPS) is 12.2. The predicted molar refractivity (Wildman–Crippen MR) is 164 cm³/mol. The van der Waals surface area contributed by atoms with Crippen molar-refractivity contribution < 1.29 is 27.5 Å². The Morgan fingerprint density at radius 3 is 1.74 bits per heavy atom. The second kappa shape index (κ2) is 26.4. The van der Waals surface area contributed by atoms with E-state index in [0.29, 0.717) is 13.0 Å². The van der Waals surface area contributed by atoms with Crippen molar-refractivity contribution in [3.8, 4) is 0 Å². The number of unbranched alkanes of at least 4 members (excludes halogenated alkanes) is 15. The first-order valence-electron chi connectivity index (χ1n) is 14.6. The summed E-state index contributed by atoms with van der Waals surface area (Å²) in [5.74, 6) is 0.00152. The molecular weight excluding hydrogens is 621 g/mol. The molecule has 0 rings (SSSR count). The van der Waals surface area contributed by atoms with Gasteiger partial charge in [-0.1, -0.05) is 126 Å². The van der Waals surface area contributed by atoms with Crippen molar-refractivity contribution >= 4 is 44.8 Å². The largest absolute Gasteiger partial charge is 0.453 e. The maximum atomic E-state index is 12.0. The summed E-state index contributed by atoms with van der Waals surface area (Å²) in [6.45, 7) is 2.52. The molecule has 1 atom stereocenters. The number of hydrogen-bond acceptors (Lipinski definition) is 6. The van der Waals surface area contributed by atoms with Crippen LogP contribution in [0.4, 0.5) is 9.59 Å². The van der Waals surface area contributed by atoms with Crippen molar-refractivity contribution in [2.45, 2.75) is 122 Å². The summed E-state index contributed by atoms with van der Waals surface area (Å²) in [7, 11) is -2.25. The minimum atomic E-state index is -3.46. The molecule has 9 nitrogen and oxygen atoms in total. The highest BCUT2D eigenvalue weighted by molar-refractivity contribution is 14.1. The van der Waals surface area contributed by atoms with Gasteiger partial charge in [-0.25, -0.2) is 22.7 Å². The van der Waals surface area contributed by atoms with Gasteiger partial charge in [0.25, 0.3) is 0 Å². The van der Waals surface area contributed by atoms with Crippen molar-refractivity contribution in [1.82, 2.24) is 15.4 Å². The zero-order valence-electron chi connectivity index (χ0n) is 23.9. The highest BCUT2D eigenvalue weighted by Crippen LogP contribution is 2.13. The average molecular weight is 676 g/mol. The van der Waals surface area contributed by atoms with Gasteiger partial charge >= 0.3 is 12.2 Å². The van der Waals surface area contributed by atoms with E-state index < -0.39 is 28.3 Å². The Balaban J connectivity index is 3.77. The molecule has 1 unspecified atom stereocenters. The SMILES string of the molecule is CCCCCCCCCCCCCCCCCCNC(=O)OCC(CNS(=O)(=O)CCCI)NC(=O)OC. The van der Waals surface area contributed by atoms with Crippen LogP contribution in [0, 0.1) is 0 Å². The van der Waals surface area contributed by atoms with E-state index in [0.717, 1.165) is 23.7 Å². The fourth-order valence-corrected chi connectivity index (χ4v) is 6.04. The van der Waals surface area contributed by atoms with Crippen LogP contribution in [0.3, 0.4) is 0 Å². The molecule has 3 N–H and O–H groups in total. The van der Waals surface area contributed by atoms with E-state index >= 15 is 0 Å². The first kappa shape index (κ1) is 37.2. The summed E-state index contributed by atoms with van der Waals surface area (Å²) in [6, 6.07) is -0.738. The Kier molecular flexibility index (Phi) is 25.8. The van der Waals surface area contributed by atoms with Gasteiger partial charge in [0.2, 0.25) is 10.0 Å². The maximum absolute atomic E-state index is 12.0. The highest BCUT2D eigenvalue weighted by atomic mass is 127. The number of carbonyl (C=O) groups excluding carboxylic acids is 2. The maximum Gasteiger partial charge on any atom is 0.407 e. The Hall–Kier alpha value is -0.820. The van der Waals surface area contributed by atoms with Crippen LogP contribution >= 0.6 is 22.6 Å². The molecule has 0 aromatic heterocycles. The lowest BCUT2D eigenvalue weighted by Crippen LogP contribution is -2.47. The van der Waals surface area contributed by atoms with Crippen LogP contribution in [0.25, 0.3) is 0 Å². The fourth-order valence-electron chi connectivity index (χ4n) is 4.01. The van der Waals surface area contributed by atoms with Gasteiger partial charge in [0, 0.05) is 17.5 Å². The average Bonchev–Trinajstić information content (AvgIpc) is 2.90. The number of alkyl carbamates (subject to hydrolysis) is 2. The van der Waals surface area contributed by atoms with Gasteiger partial charge in [0.05, 0.1) is 18.9 Å². The molecule has 0 radical (unpaired) electrons. The second-order valence-corrected chi connectivity index (χ2v) is 12.9. The molecule has 0 saturated carbocycles. The lowest BCUT2D eigenvalue weighted by molar-refractivity contribution is 0.126. The van der Waals surface area contributed by atoms with Gasteiger partial charge in [0.15, 0.2) is 0 Å². The topological polar surface area (TPSA) is 123 Å². The predicted octanol–water partition coefficient (Wildman–Crippen LogP) is 6.44. The monoisotopic (exact) mass is 675 g/mol. The number of alkyl halides is 1. The molecular formula is C27H54IN3O6S. The molecule has 0 spiro atoms. The first-order chi connectivity index (χ1) is 18.3. The Morgan fingerprint density at radius 1 is 0.763 bits per heavy atom. The molecule has 2 amide bonds. The number of carbonyl (C=O) groups is 2. The van der Waals surface area contributed by atoms with Gasteiger partial charge in [-0.3, -0.25) is 0 Å². The lowest BCUT2D eigenvalue weighted by atomic mass is 10.0. The van der Waals surface area contributed by atoms with E-state index in [1.807, 2.05) is 0 Å². The number of rotatable bonds is 26. The number of halogens is 1. The molecule has 0 aromatic rings. The van der Waals surface area contributed by atoms with E-state index in [1.54, 1.807) is 0 Å². The summed E-state index contributed by atoms with van der Waals surface area (Å²) in [4.78, 5) is 23.5. The molecule has 0 saturated heterocycles. The number of methoxy groups -OCH3 is 1. The number of sulfonamides is 1. The van der Waals surface area contributed by atoms with Crippen LogP contribution in [0.2, 0.25) is 0 Å². The van der Waals surface area contributed by atoms with Gasteiger partial charge in [-0.05, 0) is 12.8 Å². The van der Waals surface area contributed by atoms with Gasteiger partial charge < -0.3 is 20.1 Å². The third kappa shape index (κ3) is 25.5. The standard InChI is InChI=1S/C27H54IN3O6S/c1-3-4-5-6-7-8-9-10-11-12-13-14-15-16-17-18-21-29-26(32)37-24-25(31-27(33)36-2)23-30-38(34,35)22-19-20-28/h25,30H,3-24H2,1-2H3,(H,29,32)(H,31,33). The summed E-state index contributed by atoms with van der Waals surface area (Å²) >= 11 is 2.11. The first-order valence-corrected chi connectivity index (χ1v) is 17.8. The summed E-state index contributed by atoms with van der Waals surface area (Å²) in [5.41, 5.74) is 0. The van der Waals surface area contributed by atoms with Crippen molar-refractivity contribution in [1.29, 1.82) is 0 Å². The molecule has 0 aliphatic carbocycles. The molecule has 0 aromatic carbocycles. The fraction of sp³-hybridized carbons (Fsp3) is 0.926. The molecule has 0 fully saturated rings. The van der Waals surface area contributed by atoms with E-state index in [9.17, 15) is 18.0 Å². The van der Waals surface area contributed by atoms with Crippen LogP contribution in [0.1, 0.15) is 116 Å². The smallest absolute Gasteiger partial charge is 0.407 e. The summed E-state index contributed by atoms with van der Waals surface area (Å²) in [6.07, 6.45) is 19.9. The Morgan fingerprint density at radius 2 is 1.26 bits per heavy atom. The highest BCUT2D eigenvalue weighted by Gasteiger charge is 2.18. The second-order valence-electron chi connectivity index (χ2n) is 9.87.